The second-order valence-corrected chi connectivity index (χ2v) is 16.6. The minimum absolute atomic E-state index is 0.111. The first-order valence-corrected chi connectivity index (χ1v) is 16.3. The Hall–Kier alpha value is -3.34. The number of hydrogen-bond acceptors (Lipinski definition) is 3. The molecule has 6 aromatic rings. The van der Waals surface area contributed by atoms with Gasteiger partial charge in [0, 0.05) is 15.6 Å². The quantitative estimate of drug-likeness (QED) is 0.231. The number of benzene rings is 4. The molecule has 0 spiro atoms. The van der Waals surface area contributed by atoms with E-state index in [1.54, 1.807) is 6.33 Å². The highest BCUT2D eigenvalue weighted by atomic mass is 32.1. The van der Waals surface area contributed by atoms with Gasteiger partial charge < -0.3 is 0 Å². The molecule has 0 aliphatic rings. The molecule has 36 heavy (non-hydrogen) atoms. The lowest BCUT2D eigenvalue weighted by Crippen LogP contribution is -2.53. The Morgan fingerprint density at radius 3 is 2.28 bits per heavy atom. The molecule has 2 aromatic heterocycles. The lowest BCUT2D eigenvalue weighted by atomic mass is 9.87. The molecule has 178 valence electrons. The molecule has 0 saturated heterocycles. The third-order valence-corrected chi connectivity index (χ3v) is 12.1. The fraction of sp³-hybridized carbons (Fsp3) is 0.188. The third-order valence-electron chi connectivity index (χ3n) is 7.42. The van der Waals surface area contributed by atoms with Gasteiger partial charge in [0.2, 0.25) is 0 Å². The molecule has 6 rings (SSSR count). The van der Waals surface area contributed by atoms with E-state index in [-0.39, 0.29) is 5.41 Å². The second-order valence-electron chi connectivity index (χ2n) is 11.2. The van der Waals surface area contributed by atoms with Crippen LogP contribution in [-0.4, -0.2) is 18.0 Å². The largest absolute Gasteiger partial charge is 0.235 e. The van der Waals surface area contributed by atoms with Crippen LogP contribution in [-0.2, 0) is 5.41 Å². The molecular weight excluding hydrogens is 473 g/mol. The summed E-state index contributed by atoms with van der Waals surface area (Å²) in [6, 6.07) is 31.3. The molecule has 4 heteroatoms. The number of rotatable bonds is 3. The average Bonchev–Trinajstić information content (AvgIpc) is 3.26. The molecule has 0 radical (unpaired) electrons. The molecule has 4 aromatic carbocycles. The summed E-state index contributed by atoms with van der Waals surface area (Å²) in [4.78, 5) is 9.60. The standard InChI is InChI=1S/C32H30N2SSi/c1-32(2,3)23-15-16-26-27(19-23)35-31-29(33-20-34-30(26)31)22-17-21-11-9-10-14-25(21)28(18-22)36(4,5)24-12-7-6-8-13-24/h6-20H,1-5H3. The molecular formula is C32H30N2SSi. The zero-order chi connectivity index (χ0) is 25.1. The summed E-state index contributed by atoms with van der Waals surface area (Å²) in [5.41, 5.74) is 4.72. The van der Waals surface area contributed by atoms with Crippen LogP contribution in [0.1, 0.15) is 26.3 Å². The van der Waals surface area contributed by atoms with E-state index in [0.717, 1.165) is 11.2 Å². The smallest absolute Gasteiger partial charge is 0.116 e. The van der Waals surface area contributed by atoms with Gasteiger partial charge in [0.25, 0.3) is 0 Å². The summed E-state index contributed by atoms with van der Waals surface area (Å²) in [7, 11) is -1.95. The van der Waals surface area contributed by atoms with E-state index < -0.39 is 8.07 Å². The Labute approximate surface area is 217 Å². The predicted molar refractivity (Wildman–Crippen MR) is 160 cm³/mol. The summed E-state index contributed by atoms with van der Waals surface area (Å²) >= 11 is 1.81. The number of thiophene rings is 1. The van der Waals surface area contributed by atoms with Crippen LogP contribution in [0.4, 0.5) is 0 Å². The van der Waals surface area contributed by atoms with Crippen molar-refractivity contribution in [3.05, 3.63) is 96.8 Å². The lowest BCUT2D eigenvalue weighted by Gasteiger charge is -2.26. The summed E-state index contributed by atoms with van der Waals surface area (Å²) in [6.07, 6.45) is 1.73. The normalized spacial score (nSPS) is 12.6. The molecule has 0 aliphatic carbocycles. The molecule has 2 nitrogen and oxygen atoms in total. The summed E-state index contributed by atoms with van der Waals surface area (Å²) in [5.74, 6) is 0. The van der Waals surface area contributed by atoms with Gasteiger partial charge in [-0.15, -0.1) is 11.3 Å². The van der Waals surface area contributed by atoms with Crippen LogP contribution in [0, 0.1) is 0 Å². The fourth-order valence-electron chi connectivity index (χ4n) is 5.22. The van der Waals surface area contributed by atoms with E-state index in [0.29, 0.717) is 0 Å². The minimum Gasteiger partial charge on any atom is -0.235 e. The van der Waals surface area contributed by atoms with Crippen LogP contribution >= 0.6 is 11.3 Å². The fourth-order valence-corrected chi connectivity index (χ4v) is 9.18. The van der Waals surface area contributed by atoms with Gasteiger partial charge in [-0.1, -0.05) is 112 Å². The third kappa shape index (κ3) is 3.76. The molecule has 0 atom stereocenters. The van der Waals surface area contributed by atoms with E-state index in [4.69, 9.17) is 9.97 Å². The highest BCUT2D eigenvalue weighted by Gasteiger charge is 2.29. The van der Waals surface area contributed by atoms with Crippen molar-refractivity contribution >= 4 is 60.9 Å². The first-order chi connectivity index (χ1) is 17.2. The van der Waals surface area contributed by atoms with Gasteiger partial charge in [-0.3, -0.25) is 0 Å². The van der Waals surface area contributed by atoms with Gasteiger partial charge in [-0.25, -0.2) is 9.97 Å². The minimum atomic E-state index is -1.95. The molecule has 0 fully saturated rings. The van der Waals surface area contributed by atoms with Crippen molar-refractivity contribution in [3.63, 3.8) is 0 Å². The molecule has 0 bridgehead atoms. The first kappa shape index (κ1) is 23.1. The molecule has 0 saturated carbocycles. The summed E-state index contributed by atoms with van der Waals surface area (Å²) in [5, 5.41) is 6.72. The maximum atomic E-state index is 4.86. The Balaban J connectivity index is 1.61. The van der Waals surface area contributed by atoms with Crippen LogP contribution in [0.5, 0.6) is 0 Å². The van der Waals surface area contributed by atoms with Gasteiger partial charge in [-0.05, 0) is 39.1 Å². The maximum absolute atomic E-state index is 4.86. The van der Waals surface area contributed by atoms with Gasteiger partial charge in [-0.2, -0.15) is 0 Å². The Bertz CT molecular complexity index is 1740. The predicted octanol–water partition coefficient (Wildman–Crippen LogP) is 7.78. The summed E-state index contributed by atoms with van der Waals surface area (Å²) in [6.45, 7) is 11.7. The van der Waals surface area contributed by atoms with Crippen LogP contribution < -0.4 is 10.4 Å². The lowest BCUT2D eigenvalue weighted by molar-refractivity contribution is 0.591. The average molecular weight is 503 g/mol. The van der Waals surface area contributed by atoms with Gasteiger partial charge in [0.1, 0.15) is 14.4 Å². The van der Waals surface area contributed by atoms with Crippen LogP contribution in [0.3, 0.4) is 0 Å². The van der Waals surface area contributed by atoms with Crippen molar-refractivity contribution in [2.75, 3.05) is 0 Å². The Morgan fingerprint density at radius 2 is 1.50 bits per heavy atom. The Morgan fingerprint density at radius 1 is 0.750 bits per heavy atom. The SMILES string of the molecule is CC(C)(C)c1ccc2c(c1)sc1c(-c3cc([Si](C)(C)c4ccccc4)c4ccccc4c3)ncnc12. The van der Waals surface area contributed by atoms with E-state index in [2.05, 4.69) is 119 Å². The zero-order valence-electron chi connectivity index (χ0n) is 21.5. The molecule has 0 amide bonds. The maximum Gasteiger partial charge on any atom is 0.116 e. The van der Waals surface area contributed by atoms with E-state index in [1.807, 2.05) is 11.3 Å². The molecule has 0 N–H and O–H groups in total. The van der Waals surface area contributed by atoms with Crippen molar-refractivity contribution in [1.82, 2.24) is 9.97 Å². The van der Waals surface area contributed by atoms with E-state index >= 15 is 0 Å². The Kier molecular flexibility index (Phi) is 5.36. The number of fused-ring (bicyclic) bond motifs is 4. The number of nitrogens with zero attached hydrogens (tertiary/aromatic N) is 2. The van der Waals surface area contributed by atoms with E-state index in [1.165, 1.54) is 47.1 Å². The topological polar surface area (TPSA) is 25.8 Å². The van der Waals surface area contributed by atoms with Crippen molar-refractivity contribution in [3.8, 4) is 11.3 Å². The van der Waals surface area contributed by atoms with Crippen molar-refractivity contribution < 1.29 is 0 Å². The highest BCUT2D eigenvalue weighted by Crippen LogP contribution is 2.39. The zero-order valence-corrected chi connectivity index (χ0v) is 23.3. The van der Waals surface area contributed by atoms with Gasteiger partial charge in [0.15, 0.2) is 0 Å². The van der Waals surface area contributed by atoms with Crippen LogP contribution in [0.15, 0.2) is 91.3 Å². The molecule has 2 heterocycles. The van der Waals surface area contributed by atoms with Gasteiger partial charge in [0.05, 0.1) is 15.9 Å². The molecule has 0 aliphatic heterocycles. The van der Waals surface area contributed by atoms with Crippen molar-refractivity contribution in [1.29, 1.82) is 0 Å². The van der Waals surface area contributed by atoms with E-state index in [9.17, 15) is 0 Å². The summed E-state index contributed by atoms with van der Waals surface area (Å²) < 4.78 is 2.44. The highest BCUT2D eigenvalue weighted by molar-refractivity contribution is 7.26. The number of aromatic nitrogens is 2. The second kappa shape index (κ2) is 8.36. The van der Waals surface area contributed by atoms with Crippen LogP contribution in [0.25, 0.3) is 42.3 Å². The van der Waals surface area contributed by atoms with Crippen molar-refractivity contribution in [2.24, 2.45) is 0 Å². The molecule has 0 unspecified atom stereocenters. The number of hydrogen-bond donors (Lipinski definition) is 0. The first-order valence-electron chi connectivity index (χ1n) is 12.5. The van der Waals surface area contributed by atoms with Gasteiger partial charge >= 0.3 is 0 Å². The van der Waals surface area contributed by atoms with Crippen molar-refractivity contribution in [2.45, 2.75) is 39.3 Å². The monoisotopic (exact) mass is 502 g/mol. The van der Waals surface area contributed by atoms with Crippen LogP contribution in [0.2, 0.25) is 13.1 Å².